The van der Waals surface area contributed by atoms with Crippen molar-refractivity contribution in [3.05, 3.63) is 101 Å². The molecule has 1 saturated heterocycles. The average molecular weight is 465 g/mol. The molecule has 1 heterocycles. The number of rotatable bonds is 10. The zero-order chi connectivity index (χ0) is 22.9. The predicted octanol–water partition coefficient (Wildman–Crippen LogP) is 5.08. The van der Waals surface area contributed by atoms with Gasteiger partial charge in [-0.2, -0.15) is 0 Å². The first-order valence-corrected chi connectivity index (χ1v) is 12.2. The summed E-state index contributed by atoms with van der Waals surface area (Å²) < 4.78 is 5.91. The zero-order valence-electron chi connectivity index (χ0n) is 19.0. The molecule has 0 bridgehead atoms. The van der Waals surface area contributed by atoms with E-state index in [-0.39, 0.29) is 12.1 Å². The molecule has 1 fully saturated rings. The molecule has 0 aliphatic carbocycles. The van der Waals surface area contributed by atoms with Crippen LogP contribution in [0.4, 0.5) is 0 Å². The lowest BCUT2D eigenvalue weighted by Gasteiger charge is -2.33. The lowest BCUT2D eigenvalue weighted by Crippen LogP contribution is -2.45. The molecule has 1 aliphatic rings. The Morgan fingerprint density at radius 1 is 0.909 bits per heavy atom. The van der Waals surface area contributed by atoms with Gasteiger partial charge >= 0.3 is 0 Å². The van der Waals surface area contributed by atoms with Gasteiger partial charge in [0.25, 0.3) is 0 Å². The van der Waals surface area contributed by atoms with Crippen molar-refractivity contribution in [1.82, 2.24) is 10.2 Å². The van der Waals surface area contributed by atoms with Gasteiger partial charge in [0, 0.05) is 37.2 Å². The second-order valence-corrected chi connectivity index (χ2v) is 9.23. The summed E-state index contributed by atoms with van der Waals surface area (Å²) >= 11 is 6.45. The third kappa shape index (κ3) is 7.58. The topological polar surface area (TPSA) is 44.7 Å². The second-order valence-electron chi connectivity index (χ2n) is 8.82. The maximum absolute atomic E-state index is 9.84. The van der Waals surface area contributed by atoms with E-state index < -0.39 is 0 Å². The molecule has 0 amide bonds. The van der Waals surface area contributed by atoms with E-state index in [1.807, 2.05) is 48.5 Å². The number of benzene rings is 3. The van der Waals surface area contributed by atoms with E-state index in [2.05, 4.69) is 40.5 Å². The fourth-order valence-electron chi connectivity index (χ4n) is 4.25. The fraction of sp³-hybridized carbons (Fsp3) is 0.357. The normalized spacial score (nSPS) is 15.9. The maximum atomic E-state index is 9.84. The summed E-state index contributed by atoms with van der Waals surface area (Å²) in [5.41, 5.74) is 3.55. The maximum Gasteiger partial charge on any atom is 0.119 e. The molecule has 4 nitrogen and oxygen atoms in total. The van der Waals surface area contributed by atoms with Gasteiger partial charge in [-0.1, -0.05) is 72.3 Å². The van der Waals surface area contributed by atoms with Gasteiger partial charge in [0.05, 0.1) is 6.10 Å². The van der Waals surface area contributed by atoms with Crippen LogP contribution in [0.25, 0.3) is 0 Å². The Morgan fingerprint density at radius 3 is 2.33 bits per heavy atom. The summed E-state index contributed by atoms with van der Waals surface area (Å²) in [6, 6.07) is 26.9. The Hall–Kier alpha value is -2.37. The predicted molar refractivity (Wildman–Crippen MR) is 135 cm³/mol. The van der Waals surface area contributed by atoms with E-state index >= 15 is 0 Å². The Balaban J connectivity index is 1.33. The molecule has 33 heavy (non-hydrogen) atoms. The number of ether oxygens (including phenoxy) is 1. The van der Waals surface area contributed by atoms with E-state index in [1.165, 1.54) is 11.1 Å². The summed E-state index contributed by atoms with van der Waals surface area (Å²) in [4.78, 5) is 2.45. The lowest BCUT2D eigenvalue weighted by atomic mass is 10.0. The van der Waals surface area contributed by atoms with Crippen molar-refractivity contribution in [2.24, 2.45) is 0 Å². The van der Waals surface area contributed by atoms with Gasteiger partial charge in [-0.3, -0.25) is 0 Å². The van der Waals surface area contributed by atoms with Gasteiger partial charge in [0.15, 0.2) is 0 Å². The number of nitrogens with zero attached hydrogens (tertiary/aromatic N) is 1. The second kappa shape index (κ2) is 12.2. The molecular formula is C28H33ClN2O2. The van der Waals surface area contributed by atoms with Crippen LogP contribution in [0.3, 0.4) is 0 Å². The Bertz CT molecular complexity index is 973. The van der Waals surface area contributed by atoms with Crippen molar-refractivity contribution < 1.29 is 9.84 Å². The minimum absolute atomic E-state index is 0.154. The lowest BCUT2D eigenvalue weighted by molar-refractivity contribution is 0.0776. The van der Waals surface area contributed by atoms with Crippen LogP contribution in [-0.4, -0.2) is 41.8 Å². The molecule has 1 unspecified atom stereocenters. The molecule has 5 heteroatoms. The van der Waals surface area contributed by atoms with Gasteiger partial charge in [0.1, 0.15) is 12.4 Å². The number of piperidine rings is 1. The summed E-state index contributed by atoms with van der Waals surface area (Å²) in [7, 11) is 0. The smallest absolute Gasteiger partial charge is 0.119 e. The summed E-state index contributed by atoms with van der Waals surface area (Å²) in [6.07, 6.45) is 2.42. The molecule has 0 aromatic heterocycles. The highest BCUT2D eigenvalue weighted by molar-refractivity contribution is 6.31. The van der Waals surface area contributed by atoms with Crippen molar-refractivity contribution >= 4 is 11.6 Å². The Morgan fingerprint density at radius 2 is 1.61 bits per heavy atom. The molecule has 4 rings (SSSR count). The van der Waals surface area contributed by atoms with Crippen LogP contribution in [0.1, 0.15) is 29.5 Å². The van der Waals surface area contributed by atoms with Crippen molar-refractivity contribution in [1.29, 1.82) is 0 Å². The van der Waals surface area contributed by atoms with E-state index in [1.54, 1.807) is 0 Å². The molecular weight excluding hydrogens is 432 g/mol. The number of nitrogens with one attached hydrogen (secondary N) is 1. The Labute approximate surface area is 202 Å². The molecule has 1 atom stereocenters. The van der Waals surface area contributed by atoms with Gasteiger partial charge < -0.3 is 20.1 Å². The molecule has 174 valence electrons. The van der Waals surface area contributed by atoms with Crippen LogP contribution >= 0.6 is 11.6 Å². The van der Waals surface area contributed by atoms with Gasteiger partial charge in [0.2, 0.25) is 0 Å². The standard InChI is InChI=1S/C28H33ClN2O2/c29-28-9-5-4-8-24(28)18-25(20-31-16-14-26(32)15-17-31)30-19-22-10-12-27(13-11-22)33-21-23-6-2-1-3-7-23/h1-13,25-26,30,32H,14-21H2. The quantitative estimate of drug-likeness (QED) is 0.439. The van der Waals surface area contributed by atoms with E-state index in [0.29, 0.717) is 6.61 Å². The highest BCUT2D eigenvalue weighted by atomic mass is 35.5. The fourth-order valence-corrected chi connectivity index (χ4v) is 4.46. The van der Waals surface area contributed by atoms with Crippen molar-refractivity contribution in [3.8, 4) is 5.75 Å². The summed E-state index contributed by atoms with van der Waals surface area (Å²) in [5.74, 6) is 0.877. The molecule has 0 saturated carbocycles. The molecule has 2 N–H and O–H groups in total. The highest BCUT2D eigenvalue weighted by Crippen LogP contribution is 2.19. The molecule has 3 aromatic rings. The minimum Gasteiger partial charge on any atom is -0.489 e. The zero-order valence-corrected chi connectivity index (χ0v) is 19.8. The first kappa shape index (κ1) is 23.8. The average Bonchev–Trinajstić information content (AvgIpc) is 2.85. The number of hydrogen-bond donors (Lipinski definition) is 2. The number of likely N-dealkylation sites (tertiary alicyclic amines) is 1. The minimum atomic E-state index is -0.154. The Kier molecular flexibility index (Phi) is 8.79. The molecule has 0 radical (unpaired) electrons. The van der Waals surface area contributed by atoms with Crippen LogP contribution in [0, 0.1) is 0 Å². The molecule has 1 aliphatic heterocycles. The van der Waals surface area contributed by atoms with Crippen LogP contribution in [0.15, 0.2) is 78.9 Å². The third-order valence-electron chi connectivity index (χ3n) is 6.23. The number of aliphatic hydroxyl groups excluding tert-OH is 1. The van der Waals surface area contributed by atoms with Gasteiger partial charge in [-0.15, -0.1) is 0 Å². The summed E-state index contributed by atoms with van der Waals surface area (Å²) in [6.45, 7) is 4.17. The van der Waals surface area contributed by atoms with E-state index in [0.717, 1.165) is 61.8 Å². The van der Waals surface area contributed by atoms with Crippen molar-refractivity contribution in [2.75, 3.05) is 19.6 Å². The SMILES string of the molecule is OC1CCN(CC(Cc2ccccc2Cl)NCc2ccc(OCc3ccccc3)cc2)CC1. The van der Waals surface area contributed by atoms with Crippen molar-refractivity contribution in [2.45, 2.75) is 44.6 Å². The van der Waals surface area contributed by atoms with E-state index in [4.69, 9.17) is 16.3 Å². The van der Waals surface area contributed by atoms with Crippen molar-refractivity contribution in [3.63, 3.8) is 0 Å². The molecule has 0 spiro atoms. The molecule has 3 aromatic carbocycles. The van der Waals surface area contributed by atoms with Crippen LogP contribution in [-0.2, 0) is 19.6 Å². The van der Waals surface area contributed by atoms with E-state index in [9.17, 15) is 5.11 Å². The van der Waals surface area contributed by atoms with Gasteiger partial charge in [-0.25, -0.2) is 0 Å². The highest BCUT2D eigenvalue weighted by Gasteiger charge is 2.21. The van der Waals surface area contributed by atoms with Crippen LogP contribution in [0.5, 0.6) is 5.75 Å². The van der Waals surface area contributed by atoms with Crippen LogP contribution < -0.4 is 10.1 Å². The first-order valence-electron chi connectivity index (χ1n) is 11.8. The largest absolute Gasteiger partial charge is 0.489 e. The monoisotopic (exact) mass is 464 g/mol. The number of halogens is 1. The third-order valence-corrected chi connectivity index (χ3v) is 6.60. The number of aliphatic hydroxyl groups is 1. The summed E-state index contributed by atoms with van der Waals surface area (Å²) in [5, 5.41) is 14.4. The number of hydrogen-bond acceptors (Lipinski definition) is 4. The first-order chi connectivity index (χ1) is 16.2. The van der Waals surface area contributed by atoms with Crippen LogP contribution in [0.2, 0.25) is 5.02 Å². The van der Waals surface area contributed by atoms with Gasteiger partial charge in [-0.05, 0) is 54.2 Å².